The van der Waals surface area contributed by atoms with Crippen LogP contribution in [0.2, 0.25) is 5.02 Å². The number of hydrogen-bond acceptors (Lipinski definition) is 2. The average Bonchev–Trinajstić information content (AvgIpc) is 2.45. The van der Waals surface area contributed by atoms with Gasteiger partial charge in [0.1, 0.15) is 5.75 Å². The number of carbonyl (C=O) groups is 1. The van der Waals surface area contributed by atoms with Gasteiger partial charge in [0, 0.05) is 17.1 Å². The minimum atomic E-state index is -0.0434. The molecule has 0 fully saturated rings. The van der Waals surface area contributed by atoms with Crippen LogP contribution < -0.4 is 10.1 Å². The third-order valence-electron chi connectivity index (χ3n) is 2.92. The molecule has 20 heavy (non-hydrogen) atoms. The van der Waals surface area contributed by atoms with Gasteiger partial charge in [0.15, 0.2) is 0 Å². The van der Waals surface area contributed by atoms with Gasteiger partial charge >= 0.3 is 0 Å². The van der Waals surface area contributed by atoms with Gasteiger partial charge in [0.25, 0.3) is 0 Å². The highest BCUT2D eigenvalue weighted by molar-refractivity contribution is 6.30. The molecule has 0 saturated carbocycles. The normalized spacial score (nSPS) is 10.1. The summed E-state index contributed by atoms with van der Waals surface area (Å²) in [7, 11) is 1.63. The topological polar surface area (TPSA) is 38.3 Å². The molecule has 0 aliphatic heterocycles. The third-order valence-corrected chi connectivity index (χ3v) is 3.16. The number of halogens is 1. The lowest BCUT2D eigenvalue weighted by atomic mass is 10.1. The lowest BCUT2D eigenvalue weighted by Gasteiger charge is -2.08. The maximum atomic E-state index is 11.9. The fourth-order valence-electron chi connectivity index (χ4n) is 1.95. The zero-order valence-electron chi connectivity index (χ0n) is 11.2. The van der Waals surface area contributed by atoms with Crippen LogP contribution in [-0.2, 0) is 11.2 Å². The Morgan fingerprint density at radius 3 is 2.75 bits per heavy atom. The summed E-state index contributed by atoms with van der Waals surface area (Å²) in [5.41, 5.74) is 1.73. The van der Waals surface area contributed by atoms with E-state index < -0.39 is 0 Å². The van der Waals surface area contributed by atoms with Crippen LogP contribution >= 0.6 is 11.6 Å². The summed E-state index contributed by atoms with van der Waals surface area (Å²) in [5, 5.41) is 3.43. The summed E-state index contributed by atoms with van der Waals surface area (Å²) in [5.74, 6) is 0.765. The first kappa shape index (κ1) is 14.4. The number of nitrogens with one attached hydrogen (secondary N) is 1. The molecule has 2 aromatic rings. The zero-order valence-corrected chi connectivity index (χ0v) is 12.0. The number of rotatable bonds is 5. The SMILES string of the molecule is COc1ccccc1CCC(=O)Nc1cccc(Cl)c1. The van der Waals surface area contributed by atoms with Gasteiger partial charge in [-0.3, -0.25) is 4.79 Å². The first-order chi connectivity index (χ1) is 9.69. The van der Waals surface area contributed by atoms with Crippen molar-refractivity contribution in [2.75, 3.05) is 12.4 Å². The van der Waals surface area contributed by atoms with E-state index in [4.69, 9.17) is 16.3 Å². The minimum Gasteiger partial charge on any atom is -0.496 e. The highest BCUT2D eigenvalue weighted by atomic mass is 35.5. The lowest BCUT2D eigenvalue weighted by molar-refractivity contribution is -0.116. The highest BCUT2D eigenvalue weighted by Gasteiger charge is 2.06. The highest BCUT2D eigenvalue weighted by Crippen LogP contribution is 2.19. The van der Waals surface area contributed by atoms with Crippen LogP contribution in [0.25, 0.3) is 0 Å². The molecular weight excluding hydrogens is 274 g/mol. The molecule has 4 heteroatoms. The van der Waals surface area contributed by atoms with E-state index in [1.54, 1.807) is 25.3 Å². The lowest BCUT2D eigenvalue weighted by Crippen LogP contribution is -2.12. The minimum absolute atomic E-state index is 0.0434. The number of aryl methyl sites for hydroxylation is 1. The number of benzene rings is 2. The number of amides is 1. The molecule has 3 nitrogen and oxygen atoms in total. The molecule has 0 saturated heterocycles. The molecule has 2 aromatic carbocycles. The predicted molar refractivity (Wildman–Crippen MR) is 81.4 cm³/mol. The van der Waals surface area contributed by atoms with Crippen LogP contribution in [0.3, 0.4) is 0 Å². The second-order valence-corrected chi connectivity index (χ2v) is 4.81. The number of methoxy groups -OCH3 is 1. The van der Waals surface area contributed by atoms with E-state index in [0.717, 1.165) is 11.3 Å². The van der Waals surface area contributed by atoms with Crippen molar-refractivity contribution in [2.24, 2.45) is 0 Å². The summed E-state index contributed by atoms with van der Waals surface area (Å²) in [4.78, 5) is 11.9. The van der Waals surface area contributed by atoms with E-state index in [9.17, 15) is 4.79 Å². The Balaban J connectivity index is 1.92. The molecule has 1 N–H and O–H groups in total. The van der Waals surface area contributed by atoms with Gasteiger partial charge in [-0.25, -0.2) is 0 Å². The molecule has 104 valence electrons. The molecule has 0 heterocycles. The molecule has 0 aliphatic carbocycles. The molecule has 0 atom stereocenters. The summed E-state index contributed by atoms with van der Waals surface area (Å²) in [6, 6.07) is 14.8. The van der Waals surface area contributed by atoms with Crippen molar-refractivity contribution in [3.63, 3.8) is 0 Å². The van der Waals surface area contributed by atoms with E-state index in [2.05, 4.69) is 5.32 Å². The second-order valence-electron chi connectivity index (χ2n) is 4.37. The molecular formula is C16H16ClNO2. The van der Waals surface area contributed by atoms with Gasteiger partial charge in [0.05, 0.1) is 7.11 Å². The Labute approximate surface area is 123 Å². The molecule has 0 bridgehead atoms. The number of hydrogen-bond donors (Lipinski definition) is 1. The van der Waals surface area contributed by atoms with Crippen molar-refractivity contribution in [1.29, 1.82) is 0 Å². The number of para-hydroxylation sites is 1. The van der Waals surface area contributed by atoms with Crippen molar-refractivity contribution in [3.05, 3.63) is 59.1 Å². The van der Waals surface area contributed by atoms with E-state index in [1.165, 1.54) is 0 Å². The van der Waals surface area contributed by atoms with E-state index in [0.29, 0.717) is 23.6 Å². The van der Waals surface area contributed by atoms with Crippen molar-refractivity contribution in [2.45, 2.75) is 12.8 Å². The Morgan fingerprint density at radius 2 is 2.00 bits per heavy atom. The zero-order chi connectivity index (χ0) is 14.4. The monoisotopic (exact) mass is 289 g/mol. The maximum Gasteiger partial charge on any atom is 0.224 e. The first-order valence-electron chi connectivity index (χ1n) is 6.36. The fourth-order valence-corrected chi connectivity index (χ4v) is 2.14. The van der Waals surface area contributed by atoms with Gasteiger partial charge in [0.2, 0.25) is 5.91 Å². The summed E-state index contributed by atoms with van der Waals surface area (Å²) < 4.78 is 5.26. The van der Waals surface area contributed by atoms with Gasteiger partial charge < -0.3 is 10.1 Å². The molecule has 1 amide bonds. The number of anilines is 1. The van der Waals surface area contributed by atoms with Crippen LogP contribution in [0.1, 0.15) is 12.0 Å². The predicted octanol–water partition coefficient (Wildman–Crippen LogP) is 3.92. The van der Waals surface area contributed by atoms with Crippen LogP contribution in [0.5, 0.6) is 5.75 Å². The van der Waals surface area contributed by atoms with Crippen LogP contribution in [0.4, 0.5) is 5.69 Å². The van der Waals surface area contributed by atoms with Crippen molar-refractivity contribution >= 4 is 23.2 Å². The summed E-state index contributed by atoms with van der Waals surface area (Å²) in [6.07, 6.45) is 1.03. The van der Waals surface area contributed by atoms with Crippen LogP contribution in [-0.4, -0.2) is 13.0 Å². The van der Waals surface area contributed by atoms with Gasteiger partial charge in [-0.2, -0.15) is 0 Å². The Kier molecular flexibility index (Phi) is 5.02. The molecule has 0 unspecified atom stereocenters. The Bertz CT molecular complexity index is 599. The molecule has 0 aliphatic rings. The van der Waals surface area contributed by atoms with Gasteiger partial charge in [-0.15, -0.1) is 0 Å². The second kappa shape index (κ2) is 6.96. The van der Waals surface area contributed by atoms with Crippen LogP contribution in [0, 0.1) is 0 Å². The van der Waals surface area contributed by atoms with Gasteiger partial charge in [-0.1, -0.05) is 35.9 Å². The average molecular weight is 290 g/mol. The number of carbonyl (C=O) groups excluding carboxylic acids is 1. The third kappa shape index (κ3) is 4.00. The van der Waals surface area contributed by atoms with E-state index >= 15 is 0 Å². The maximum absolute atomic E-state index is 11.9. The smallest absolute Gasteiger partial charge is 0.224 e. The standard InChI is InChI=1S/C16H16ClNO2/c1-20-15-8-3-2-5-12(15)9-10-16(19)18-14-7-4-6-13(17)11-14/h2-8,11H,9-10H2,1H3,(H,18,19). The van der Waals surface area contributed by atoms with Crippen molar-refractivity contribution in [1.82, 2.24) is 0 Å². The fraction of sp³-hybridized carbons (Fsp3) is 0.188. The molecule has 2 rings (SSSR count). The largest absolute Gasteiger partial charge is 0.496 e. The molecule has 0 aromatic heterocycles. The molecule has 0 radical (unpaired) electrons. The number of ether oxygens (including phenoxy) is 1. The molecule has 0 spiro atoms. The quantitative estimate of drug-likeness (QED) is 0.906. The van der Waals surface area contributed by atoms with E-state index in [-0.39, 0.29) is 5.91 Å². The van der Waals surface area contributed by atoms with Crippen LogP contribution in [0.15, 0.2) is 48.5 Å². The first-order valence-corrected chi connectivity index (χ1v) is 6.74. The Hall–Kier alpha value is -2.00. The Morgan fingerprint density at radius 1 is 1.20 bits per heavy atom. The van der Waals surface area contributed by atoms with E-state index in [1.807, 2.05) is 30.3 Å². The summed E-state index contributed by atoms with van der Waals surface area (Å²) >= 11 is 5.87. The van der Waals surface area contributed by atoms with Gasteiger partial charge in [-0.05, 0) is 36.2 Å². The van der Waals surface area contributed by atoms with Crippen molar-refractivity contribution < 1.29 is 9.53 Å². The van der Waals surface area contributed by atoms with Crippen molar-refractivity contribution in [3.8, 4) is 5.75 Å². The summed E-state index contributed by atoms with van der Waals surface area (Å²) in [6.45, 7) is 0.